The molecular weight excluding hydrogens is 250 g/mol. The molecule has 0 saturated carbocycles. The van der Waals surface area contributed by atoms with Crippen molar-refractivity contribution in [2.45, 2.75) is 43.0 Å². The van der Waals surface area contributed by atoms with Crippen LogP contribution in [0.1, 0.15) is 36.1 Å². The van der Waals surface area contributed by atoms with Crippen LogP contribution in [0, 0.1) is 13.8 Å². The average Bonchev–Trinajstić information content (AvgIpc) is 2.42. The largest absolute Gasteiger partial charge is 0.324 e. The molecule has 0 saturated heterocycles. The van der Waals surface area contributed by atoms with E-state index in [-0.39, 0.29) is 6.04 Å². The van der Waals surface area contributed by atoms with Crippen molar-refractivity contribution in [3.8, 4) is 0 Å². The van der Waals surface area contributed by atoms with Crippen LogP contribution in [0.25, 0.3) is 0 Å². The Morgan fingerprint density at radius 1 is 1.05 bits per heavy atom. The van der Waals surface area contributed by atoms with Gasteiger partial charge in [-0.15, -0.1) is 0 Å². The maximum atomic E-state index is 6.20. The van der Waals surface area contributed by atoms with Gasteiger partial charge in [-0.3, -0.25) is 0 Å². The predicted molar refractivity (Wildman–Crippen MR) is 83.7 cm³/mol. The molecule has 100 valence electrons. The van der Waals surface area contributed by atoms with Gasteiger partial charge in [0.15, 0.2) is 0 Å². The number of hydrogen-bond donors (Lipinski definition) is 1. The minimum absolute atomic E-state index is 0.119. The summed E-state index contributed by atoms with van der Waals surface area (Å²) in [5, 5.41) is 0. The van der Waals surface area contributed by atoms with Crippen molar-refractivity contribution in [2.75, 3.05) is 0 Å². The molecule has 2 N–H and O–H groups in total. The van der Waals surface area contributed by atoms with Gasteiger partial charge in [-0.2, -0.15) is 0 Å². The highest BCUT2D eigenvalue weighted by Crippen LogP contribution is 2.35. The zero-order valence-electron chi connectivity index (χ0n) is 11.8. The third kappa shape index (κ3) is 3.40. The molecule has 0 aliphatic rings. The number of hydrogen-bond acceptors (Lipinski definition) is 2. The molecule has 2 rings (SSSR count). The van der Waals surface area contributed by atoms with Crippen LogP contribution in [0.3, 0.4) is 0 Å². The molecule has 0 aromatic heterocycles. The molecule has 19 heavy (non-hydrogen) atoms. The molecule has 1 nitrogen and oxygen atoms in total. The Balaban J connectivity index is 2.35. The highest BCUT2D eigenvalue weighted by Gasteiger charge is 2.10. The van der Waals surface area contributed by atoms with Crippen molar-refractivity contribution in [1.29, 1.82) is 0 Å². The number of benzene rings is 2. The molecule has 0 aliphatic heterocycles. The minimum Gasteiger partial charge on any atom is -0.324 e. The predicted octanol–water partition coefficient (Wildman–Crippen LogP) is 4.86. The topological polar surface area (TPSA) is 26.0 Å². The fourth-order valence-corrected chi connectivity index (χ4v) is 3.23. The molecule has 0 radical (unpaired) electrons. The molecule has 0 spiro atoms. The lowest BCUT2D eigenvalue weighted by Crippen LogP contribution is -2.09. The maximum Gasteiger partial charge on any atom is 0.0303 e. The van der Waals surface area contributed by atoms with Crippen molar-refractivity contribution in [3.05, 3.63) is 59.2 Å². The van der Waals surface area contributed by atoms with Crippen LogP contribution in [-0.2, 0) is 0 Å². The Kier molecular flexibility index (Phi) is 4.67. The molecule has 0 bridgehead atoms. The van der Waals surface area contributed by atoms with Gasteiger partial charge in [0.05, 0.1) is 0 Å². The van der Waals surface area contributed by atoms with E-state index in [1.165, 1.54) is 26.5 Å². The second-order valence-corrected chi connectivity index (χ2v) is 6.01. The second-order valence-electron chi connectivity index (χ2n) is 4.92. The quantitative estimate of drug-likeness (QED) is 0.859. The molecule has 0 amide bonds. The van der Waals surface area contributed by atoms with Gasteiger partial charge in [0.25, 0.3) is 0 Å². The lowest BCUT2D eigenvalue weighted by Gasteiger charge is -2.15. The monoisotopic (exact) mass is 271 g/mol. The molecular formula is C17H21NS. The van der Waals surface area contributed by atoms with Crippen molar-refractivity contribution in [1.82, 2.24) is 0 Å². The van der Waals surface area contributed by atoms with E-state index >= 15 is 0 Å². The second kappa shape index (κ2) is 6.27. The average molecular weight is 271 g/mol. The van der Waals surface area contributed by atoms with E-state index in [1.807, 2.05) is 11.8 Å². The highest BCUT2D eigenvalue weighted by molar-refractivity contribution is 7.99. The third-order valence-electron chi connectivity index (χ3n) is 3.32. The fraction of sp³-hybridized carbons (Fsp3) is 0.294. The van der Waals surface area contributed by atoms with Crippen molar-refractivity contribution in [2.24, 2.45) is 5.73 Å². The first-order valence-electron chi connectivity index (χ1n) is 6.71. The Morgan fingerprint density at radius 2 is 1.79 bits per heavy atom. The van der Waals surface area contributed by atoms with E-state index in [2.05, 4.69) is 63.2 Å². The van der Waals surface area contributed by atoms with E-state index in [1.54, 1.807) is 0 Å². The SMILES string of the molecule is CC[C@@H](N)c1ccccc1Sc1cc(C)ccc1C. The van der Waals surface area contributed by atoms with Crippen LogP contribution >= 0.6 is 11.8 Å². The van der Waals surface area contributed by atoms with Crippen LogP contribution < -0.4 is 5.73 Å². The van der Waals surface area contributed by atoms with Crippen molar-refractivity contribution in [3.63, 3.8) is 0 Å². The molecule has 0 unspecified atom stereocenters. The van der Waals surface area contributed by atoms with Crippen LogP contribution in [0.15, 0.2) is 52.3 Å². The van der Waals surface area contributed by atoms with Crippen LogP contribution in [0.4, 0.5) is 0 Å². The normalized spacial score (nSPS) is 12.4. The Bertz CT molecular complexity index is 563. The highest BCUT2D eigenvalue weighted by atomic mass is 32.2. The summed E-state index contributed by atoms with van der Waals surface area (Å²) in [6.07, 6.45) is 0.963. The fourth-order valence-electron chi connectivity index (χ4n) is 2.04. The Hall–Kier alpha value is -1.25. The summed E-state index contributed by atoms with van der Waals surface area (Å²) < 4.78 is 0. The van der Waals surface area contributed by atoms with Gasteiger partial charge >= 0.3 is 0 Å². The zero-order valence-corrected chi connectivity index (χ0v) is 12.6. The van der Waals surface area contributed by atoms with Gasteiger partial charge < -0.3 is 5.73 Å². The first-order valence-corrected chi connectivity index (χ1v) is 7.53. The molecule has 0 fully saturated rings. The molecule has 2 heteroatoms. The van der Waals surface area contributed by atoms with E-state index in [0.717, 1.165) is 6.42 Å². The van der Waals surface area contributed by atoms with Gasteiger partial charge in [0.1, 0.15) is 0 Å². The van der Waals surface area contributed by atoms with E-state index in [4.69, 9.17) is 5.73 Å². The summed E-state index contributed by atoms with van der Waals surface area (Å²) in [6.45, 7) is 6.42. The Labute approximate surface area is 120 Å². The van der Waals surface area contributed by atoms with E-state index < -0.39 is 0 Å². The van der Waals surface area contributed by atoms with E-state index in [9.17, 15) is 0 Å². The summed E-state index contributed by atoms with van der Waals surface area (Å²) in [7, 11) is 0. The molecule has 2 aromatic rings. The first kappa shape index (κ1) is 14.2. The standard InChI is InChI=1S/C17H21NS/c1-4-15(18)14-7-5-6-8-16(14)19-17-11-12(2)9-10-13(17)3/h5-11,15H,4,18H2,1-3H3/t15-/m1/s1. The number of aryl methyl sites for hydroxylation is 2. The van der Waals surface area contributed by atoms with Crippen molar-refractivity contribution >= 4 is 11.8 Å². The molecule has 0 heterocycles. The van der Waals surface area contributed by atoms with Crippen LogP contribution in [-0.4, -0.2) is 0 Å². The van der Waals surface area contributed by atoms with Crippen molar-refractivity contribution < 1.29 is 0 Å². The molecule has 1 atom stereocenters. The lowest BCUT2D eigenvalue weighted by atomic mass is 10.1. The summed E-state index contributed by atoms with van der Waals surface area (Å²) in [5.41, 5.74) is 10.1. The lowest BCUT2D eigenvalue weighted by molar-refractivity contribution is 0.685. The summed E-state index contributed by atoms with van der Waals surface area (Å²) >= 11 is 1.82. The van der Waals surface area contributed by atoms with Gasteiger partial charge in [0.2, 0.25) is 0 Å². The summed E-state index contributed by atoms with van der Waals surface area (Å²) in [6, 6.07) is 15.2. The number of nitrogens with two attached hydrogens (primary N) is 1. The smallest absolute Gasteiger partial charge is 0.0303 e. The Morgan fingerprint density at radius 3 is 2.53 bits per heavy atom. The van der Waals surface area contributed by atoms with E-state index in [0.29, 0.717) is 0 Å². The van der Waals surface area contributed by atoms with Gasteiger partial charge in [0, 0.05) is 15.8 Å². The summed E-state index contributed by atoms with van der Waals surface area (Å²) in [4.78, 5) is 2.58. The maximum absolute atomic E-state index is 6.20. The van der Waals surface area contributed by atoms with Crippen LogP contribution in [0.5, 0.6) is 0 Å². The first-order chi connectivity index (χ1) is 9.11. The van der Waals surface area contributed by atoms with Gasteiger partial charge in [-0.25, -0.2) is 0 Å². The molecule has 0 aliphatic carbocycles. The molecule has 2 aromatic carbocycles. The minimum atomic E-state index is 0.119. The third-order valence-corrected chi connectivity index (χ3v) is 4.57. The van der Waals surface area contributed by atoms with Gasteiger partial charge in [-0.1, -0.05) is 49.0 Å². The van der Waals surface area contributed by atoms with Gasteiger partial charge in [-0.05, 0) is 49.1 Å². The van der Waals surface area contributed by atoms with Crippen LogP contribution in [0.2, 0.25) is 0 Å². The zero-order chi connectivity index (χ0) is 13.8. The number of rotatable bonds is 4. The summed E-state index contributed by atoms with van der Waals surface area (Å²) in [5.74, 6) is 0.